The normalized spacial score (nSPS) is 25.7. The fraction of sp³-hybridized carbons (Fsp3) is 0.719. The van der Waals surface area contributed by atoms with Crippen molar-refractivity contribution in [1.82, 2.24) is 5.06 Å². The molecular weight excluding hydrogens is 510 g/mol. The van der Waals surface area contributed by atoms with Gasteiger partial charge in [0.1, 0.15) is 5.60 Å². The van der Waals surface area contributed by atoms with Crippen LogP contribution in [0.4, 0.5) is 0 Å². The van der Waals surface area contributed by atoms with Crippen LogP contribution in [0.3, 0.4) is 0 Å². The number of rotatable bonds is 9. The third-order valence-corrected chi connectivity index (χ3v) is 8.25. The zero-order valence-corrected chi connectivity index (χ0v) is 25.9. The van der Waals surface area contributed by atoms with E-state index in [2.05, 4.69) is 27.7 Å². The second-order valence-corrected chi connectivity index (χ2v) is 13.3. The standard InChI is InChI=1S/C32H49NO7/c1-10-37-27(35)32(28(36)38-11-2)23(21-39-33-30(6,7)18-15-19-31(33,8)9)20-24(26(34)40-29(3,4)5)25(32)22-16-13-12-14-17-22/h12-14,16-17,23-25H,10-11,15,18-21H2,1-9H3/t23-,24-,25+/m0/s1. The highest BCUT2D eigenvalue weighted by atomic mass is 16.7. The van der Waals surface area contributed by atoms with Gasteiger partial charge >= 0.3 is 17.9 Å². The van der Waals surface area contributed by atoms with E-state index in [1.54, 1.807) is 13.8 Å². The Bertz CT molecular complexity index is 1010. The molecule has 2 fully saturated rings. The first-order chi connectivity index (χ1) is 18.6. The van der Waals surface area contributed by atoms with Gasteiger partial charge in [-0.1, -0.05) is 30.3 Å². The van der Waals surface area contributed by atoms with E-state index in [4.69, 9.17) is 19.0 Å². The molecule has 2 aliphatic rings. The van der Waals surface area contributed by atoms with Crippen LogP contribution in [-0.4, -0.2) is 59.5 Å². The molecule has 0 bridgehead atoms. The molecule has 8 nitrogen and oxygen atoms in total. The van der Waals surface area contributed by atoms with Crippen LogP contribution in [0.2, 0.25) is 0 Å². The Morgan fingerprint density at radius 2 is 1.43 bits per heavy atom. The molecule has 0 spiro atoms. The molecule has 0 radical (unpaired) electrons. The minimum Gasteiger partial charge on any atom is -0.465 e. The van der Waals surface area contributed by atoms with Crippen molar-refractivity contribution < 1.29 is 33.4 Å². The topological polar surface area (TPSA) is 91.4 Å². The number of esters is 3. The third-order valence-electron chi connectivity index (χ3n) is 8.25. The van der Waals surface area contributed by atoms with E-state index < -0.39 is 46.7 Å². The smallest absolute Gasteiger partial charge is 0.324 e. The molecule has 1 aromatic rings. The maximum absolute atomic E-state index is 14.1. The fourth-order valence-corrected chi connectivity index (χ4v) is 6.83. The summed E-state index contributed by atoms with van der Waals surface area (Å²) in [6, 6.07) is 9.22. The Balaban J connectivity index is 2.18. The van der Waals surface area contributed by atoms with E-state index in [1.807, 2.05) is 56.2 Å². The molecule has 0 N–H and O–H groups in total. The van der Waals surface area contributed by atoms with E-state index in [9.17, 15) is 14.4 Å². The number of carbonyl (C=O) groups is 3. The van der Waals surface area contributed by atoms with Crippen molar-refractivity contribution in [3.8, 4) is 0 Å². The van der Waals surface area contributed by atoms with Crippen LogP contribution in [0.25, 0.3) is 0 Å². The Kier molecular flexibility index (Phi) is 9.78. The molecule has 3 rings (SSSR count). The summed E-state index contributed by atoms with van der Waals surface area (Å²) < 4.78 is 17.1. The maximum Gasteiger partial charge on any atom is 0.324 e. The summed E-state index contributed by atoms with van der Waals surface area (Å²) in [6.07, 6.45) is 3.20. The van der Waals surface area contributed by atoms with Crippen LogP contribution in [0.5, 0.6) is 0 Å². The Hall–Kier alpha value is -2.45. The quantitative estimate of drug-likeness (QED) is 0.212. The Labute approximate surface area is 240 Å². The van der Waals surface area contributed by atoms with Gasteiger partial charge in [0, 0.05) is 22.9 Å². The van der Waals surface area contributed by atoms with Gasteiger partial charge in [-0.2, -0.15) is 5.06 Å². The Morgan fingerprint density at radius 1 is 0.900 bits per heavy atom. The van der Waals surface area contributed by atoms with Crippen LogP contribution < -0.4 is 0 Å². The van der Waals surface area contributed by atoms with Crippen molar-refractivity contribution >= 4 is 17.9 Å². The molecule has 1 heterocycles. The van der Waals surface area contributed by atoms with Gasteiger partial charge < -0.3 is 14.2 Å². The van der Waals surface area contributed by atoms with Gasteiger partial charge in [-0.15, -0.1) is 0 Å². The second-order valence-electron chi connectivity index (χ2n) is 13.3. The summed E-state index contributed by atoms with van der Waals surface area (Å²) in [7, 11) is 0. The minimum atomic E-state index is -1.79. The average molecular weight is 560 g/mol. The monoisotopic (exact) mass is 559 g/mol. The lowest BCUT2D eigenvalue weighted by molar-refractivity contribution is -0.289. The van der Waals surface area contributed by atoms with Crippen LogP contribution >= 0.6 is 0 Å². The summed E-state index contributed by atoms with van der Waals surface area (Å²) in [4.78, 5) is 48.5. The van der Waals surface area contributed by atoms with E-state index in [-0.39, 0.29) is 37.3 Å². The number of hydroxylamine groups is 2. The highest BCUT2D eigenvalue weighted by molar-refractivity contribution is 6.03. The molecule has 0 aromatic heterocycles. The summed E-state index contributed by atoms with van der Waals surface area (Å²) in [5.41, 5.74) is -2.36. The molecule has 224 valence electrons. The SMILES string of the molecule is CCOC(=O)C1(C(=O)OCC)[C@H](CON2C(C)(C)CCCC2(C)C)C[C@H](C(=O)OC(C)(C)C)[C@H]1c1ccccc1. The van der Waals surface area contributed by atoms with E-state index in [0.717, 1.165) is 19.3 Å². The van der Waals surface area contributed by atoms with E-state index in [0.29, 0.717) is 5.56 Å². The second kappa shape index (κ2) is 12.2. The molecule has 40 heavy (non-hydrogen) atoms. The first-order valence-electron chi connectivity index (χ1n) is 14.7. The number of piperidine rings is 1. The maximum atomic E-state index is 14.1. The molecule has 1 aliphatic carbocycles. The lowest BCUT2D eigenvalue weighted by atomic mass is 9.68. The van der Waals surface area contributed by atoms with Crippen LogP contribution in [0.15, 0.2) is 30.3 Å². The molecule has 0 unspecified atom stereocenters. The predicted molar refractivity (Wildman–Crippen MR) is 152 cm³/mol. The first-order valence-corrected chi connectivity index (χ1v) is 14.7. The van der Waals surface area contributed by atoms with Crippen molar-refractivity contribution in [3.63, 3.8) is 0 Å². The number of nitrogens with zero attached hydrogens (tertiary/aromatic N) is 1. The fourth-order valence-electron chi connectivity index (χ4n) is 6.83. The third kappa shape index (κ3) is 6.38. The highest BCUT2D eigenvalue weighted by Gasteiger charge is 2.69. The molecule has 1 saturated heterocycles. The van der Waals surface area contributed by atoms with Crippen molar-refractivity contribution in [2.75, 3.05) is 19.8 Å². The summed E-state index contributed by atoms with van der Waals surface area (Å²) >= 11 is 0. The number of benzene rings is 1. The van der Waals surface area contributed by atoms with Gasteiger partial charge in [-0.05, 0) is 93.6 Å². The molecule has 1 aliphatic heterocycles. The van der Waals surface area contributed by atoms with Crippen LogP contribution in [-0.2, 0) is 33.4 Å². The molecular formula is C32H49NO7. The molecule has 0 amide bonds. The van der Waals surface area contributed by atoms with Gasteiger partial charge in [-0.3, -0.25) is 19.2 Å². The Morgan fingerprint density at radius 3 is 1.90 bits per heavy atom. The summed E-state index contributed by atoms with van der Waals surface area (Å²) in [5, 5.41) is 2.02. The molecule has 3 atom stereocenters. The molecule has 1 saturated carbocycles. The minimum absolute atomic E-state index is 0.0487. The average Bonchev–Trinajstić information content (AvgIpc) is 3.19. The van der Waals surface area contributed by atoms with Gasteiger partial charge in [0.25, 0.3) is 0 Å². The number of hydrogen-bond donors (Lipinski definition) is 0. The number of carbonyl (C=O) groups excluding carboxylic acids is 3. The number of hydrogen-bond acceptors (Lipinski definition) is 8. The zero-order chi connectivity index (χ0) is 29.9. The predicted octanol–water partition coefficient (Wildman–Crippen LogP) is 5.84. The number of ether oxygens (including phenoxy) is 3. The summed E-state index contributed by atoms with van der Waals surface area (Å²) in [5.74, 6) is -4.18. The van der Waals surface area contributed by atoms with Gasteiger partial charge in [-0.25, -0.2) is 0 Å². The lowest BCUT2D eigenvalue weighted by Gasteiger charge is -2.51. The van der Waals surface area contributed by atoms with E-state index >= 15 is 0 Å². The van der Waals surface area contributed by atoms with Gasteiger partial charge in [0.15, 0.2) is 5.41 Å². The molecule has 1 aromatic carbocycles. The summed E-state index contributed by atoms with van der Waals surface area (Å²) in [6.45, 7) is 17.6. The largest absolute Gasteiger partial charge is 0.465 e. The van der Waals surface area contributed by atoms with Gasteiger partial charge in [0.2, 0.25) is 0 Å². The van der Waals surface area contributed by atoms with Crippen molar-refractivity contribution in [2.45, 2.75) is 111 Å². The highest BCUT2D eigenvalue weighted by Crippen LogP contribution is 2.59. The van der Waals surface area contributed by atoms with E-state index in [1.165, 1.54) is 0 Å². The molecule has 8 heteroatoms. The zero-order valence-electron chi connectivity index (χ0n) is 25.9. The van der Waals surface area contributed by atoms with Gasteiger partial charge in [0.05, 0.1) is 25.7 Å². The lowest BCUT2D eigenvalue weighted by Crippen LogP contribution is -2.59. The first kappa shape index (κ1) is 32.1. The van der Waals surface area contributed by atoms with Crippen LogP contribution in [0, 0.1) is 17.3 Å². The van der Waals surface area contributed by atoms with Crippen LogP contribution in [0.1, 0.15) is 99.5 Å². The van der Waals surface area contributed by atoms with Crippen molar-refractivity contribution in [2.24, 2.45) is 17.3 Å². The van der Waals surface area contributed by atoms with Crippen molar-refractivity contribution in [1.29, 1.82) is 0 Å². The van der Waals surface area contributed by atoms with Crippen molar-refractivity contribution in [3.05, 3.63) is 35.9 Å².